The molecule has 152 valence electrons. The molecule has 0 bridgehead atoms. The first-order valence-electron chi connectivity index (χ1n) is 9.78. The van der Waals surface area contributed by atoms with E-state index in [4.69, 9.17) is 9.15 Å². The summed E-state index contributed by atoms with van der Waals surface area (Å²) >= 11 is 0. The van der Waals surface area contributed by atoms with Crippen LogP contribution in [0.3, 0.4) is 0 Å². The van der Waals surface area contributed by atoms with Crippen LogP contribution in [0, 0.1) is 5.41 Å². The molecule has 4 rings (SSSR count). The number of carbonyl (C=O) groups excluding carboxylic acids is 1. The van der Waals surface area contributed by atoms with Gasteiger partial charge in [0, 0.05) is 24.2 Å². The highest BCUT2D eigenvalue weighted by Crippen LogP contribution is 2.39. The van der Waals surface area contributed by atoms with Gasteiger partial charge in [0.15, 0.2) is 0 Å². The van der Waals surface area contributed by atoms with Crippen LogP contribution >= 0.6 is 0 Å². The van der Waals surface area contributed by atoms with E-state index < -0.39 is 18.4 Å². The molecule has 0 spiro atoms. The molecular weight excluding hydrogens is 376 g/mol. The highest BCUT2D eigenvalue weighted by Gasteiger charge is 2.40. The Morgan fingerprint density at radius 1 is 1.03 bits per heavy atom. The lowest BCUT2D eigenvalue weighted by molar-refractivity contribution is -0.137. The van der Waals surface area contributed by atoms with Gasteiger partial charge in [0.05, 0.1) is 18.2 Å². The van der Waals surface area contributed by atoms with Crippen LogP contribution in [0.4, 0.5) is 8.78 Å². The Bertz CT molecular complexity index is 992. The van der Waals surface area contributed by atoms with Crippen molar-refractivity contribution in [3.63, 3.8) is 0 Å². The van der Waals surface area contributed by atoms with Gasteiger partial charge >= 0.3 is 0 Å². The van der Waals surface area contributed by atoms with Crippen molar-refractivity contribution >= 4 is 16.9 Å². The third kappa shape index (κ3) is 4.03. The molecular formula is C23H23F2NO3. The zero-order valence-corrected chi connectivity index (χ0v) is 16.0. The summed E-state index contributed by atoms with van der Waals surface area (Å²) in [4.78, 5) is 12.9. The summed E-state index contributed by atoms with van der Waals surface area (Å²) in [6, 6.07) is 15.7. The van der Waals surface area contributed by atoms with Crippen LogP contribution in [0.1, 0.15) is 18.4 Å². The summed E-state index contributed by atoms with van der Waals surface area (Å²) in [6.07, 6.45) is 0.629. The van der Waals surface area contributed by atoms with Crippen molar-refractivity contribution in [3.8, 4) is 11.1 Å². The van der Waals surface area contributed by atoms with Crippen molar-refractivity contribution in [2.45, 2.75) is 25.7 Å². The van der Waals surface area contributed by atoms with Gasteiger partial charge in [0.25, 0.3) is 6.43 Å². The minimum Gasteiger partial charge on any atom is -0.464 e. The molecule has 1 aliphatic rings. The normalized spacial score (nSPS) is 16.2. The lowest BCUT2D eigenvalue weighted by atomic mass is 9.73. The van der Waals surface area contributed by atoms with Gasteiger partial charge in [-0.15, -0.1) is 0 Å². The highest BCUT2D eigenvalue weighted by molar-refractivity contribution is 5.95. The third-order valence-corrected chi connectivity index (χ3v) is 5.67. The van der Waals surface area contributed by atoms with E-state index in [1.165, 1.54) is 0 Å². The van der Waals surface area contributed by atoms with Crippen LogP contribution in [0.5, 0.6) is 0 Å². The number of carbonyl (C=O) groups is 1. The zero-order chi connectivity index (χ0) is 20.3. The van der Waals surface area contributed by atoms with Crippen LogP contribution in [0.25, 0.3) is 22.1 Å². The number of alkyl halides is 2. The second-order valence-corrected chi connectivity index (χ2v) is 7.47. The molecule has 0 saturated carbocycles. The van der Waals surface area contributed by atoms with Crippen molar-refractivity contribution in [2.75, 3.05) is 19.8 Å². The van der Waals surface area contributed by atoms with Crippen molar-refractivity contribution in [2.24, 2.45) is 5.41 Å². The predicted octanol–water partition coefficient (Wildman–Crippen LogP) is 4.82. The number of rotatable bonds is 6. The largest absolute Gasteiger partial charge is 0.464 e. The molecule has 0 unspecified atom stereocenters. The van der Waals surface area contributed by atoms with Crippen LogP contribution in [0.15, 0.2) is 59.2 Å². The van der Waals surface area contributed by atoms with Gasteiger partial charge < -0.3 is 14.5 Å². The Hall–Kier alpha value is -2.73. The first-order valence-corrected chi connectivity index (χ1v) is 9.78. The monoisotopic (exact) mass is 399 g/mol. The molecule has 0 aliphatic carbocycles. The molecule has 1 aromatic heterocycles. The van der Waals surface area contributed by atoms with Gasteiger partial charge in [-0.1, -0.05) is 42.5 Å². The fourth-order valence-corrected chi connectivity index (χ4v) is 4.09. The molecule has 6 heteroatoms. The fraction of sp³-hybridized carbons (Fsp3) is 0.348. The Balaban J connectivity index is 1.70. The predicted molar refractivity (Wildman–Crippen MR) is 107 cm³/mol. The molecule has 2 aromatic carbocycles. The molecule has 1 N–H and O–H groups in total. The lowest BCUT2D eigenvalue weighted by Crippen LogP contribution is -2.47. The number of para-hydroxylation sites is 1. The molecule has 1 amide bonds. The molecule has 1 saturated heterocycles. The summed E-state index contributed by atoms with van der Waals surface area (Å²) in [7, 11) is 0. The summed E-state index contributed by atoms with van der Waals surface area (Å²) in [6.45, 7) is 0.257. The standard InChI is InChI=1S/C23H23F2NO3/c24-21(25)14-26-22(27)23(9-11-28-12-10-23)13-16-5-1-2-6-17(16)19-15-29-20-8-4-3-7-18(19)20/h1-8,15,21H,9-14H2,(H,26,27). The number of furan rings is 1. The van der Waals surface area contributed by atoms with Crippen LogP contribution in [-0.2, 0) is 16.0 Å². The second kappa shape index (κ2) is 8.33. The van der Waals surface area contributed by atoms with E-state index in [9.17, 15) is 13.6 Å². The third-order valence-electron chi connectivity index (χ3n) is 5.67. The van der Waals surface area contributed by atoms with Gasteiger partial charge in [-0.25, -0.2) is 8.78 Å². The van der Waals surface area contributed by atoms with E-state index >= 15 is 0 Å². The molecule has 0 atom stereocenters. The molecule has 3 aromatic rings. The van der Waals surface area contributed by atoms with Crippen molar-refractivity contribution in [1.29, 1.82) is 0 Å². The second-order valence-electron chi connectivity index (χ2n) is 7.47. The number of fused-ring (bicyclic) bond motifs is 1. The van der Waals surface area contributed by atoms with E-state index in [0.29, 0.717) is 32.5 Å². The molecule has 1 aliphatic heterocycles. The first kappa shape index (κ1) is 19.6. The summed E-state index contributed by atoms with van der Waals surface area (Å²) in [5.74, 6) is -0.326. The summed E-state index contributed by atoms with van der Waals surface area (Å²) in [5.41, 5.74) is 2.99. The van der Waals surface area contributed by atoms with E-state index in [1.807, 2.05) is 48.5 Å². The van der Waals surface area contributed by atoms with Gasteiger partial charge in [0.2, 0.25) is 5.91 Å². The fourth-order valence-electron chi connectivity index (χ4n) is 4.09. The Kier molecular flexibility index (Phi) is 5.62. The molecule has 2 heterocycles. The number of benzene rings is 2. The Labute approximate surface area is 167 Å². The molecule has 29 heavy (non-hydrogen) atoms. The van der Waals surface area contributed by atoms with Crippen LogP contribution in [0.2, 0.25) is 0 Å². The molecule has 1 fully saturated rings. The number of hydrogen-bond acceptors (Lipinski definition) is 3. The van der Waals surface area contributed by atoms with Crippen LogP contribution < -0.4 is 5.32 Å². The number of ether oxygens (including phenoxy) is 1. The number of hydrogen-bond donors (Lipinski definition) is 1. The minimum atomic E-state index is -2.57. The van der Waals surface area contributed by atoms with Crippen molar-refractivity contribution < 1.29 is 22.7 Å². The average Bonchev–Trinajstić information content (AvgIpc) is 3.17. The lowest BCUT2D eigenvalue weighted by Gasteiger charge is -2.36. The van der Waals surface area contributed by atoms with E-state index in [1.54, 1.807) is 6.26 Å². The van der Waals surface area contributed by atoms with Crippen molar-refractivity contribution in [3.05, 3.63) is 60.4 Å². The maximum atomic E-state index is 12.9. The van der Waals surface area contributed by atoms with Crippen molar-refractivity contribution in [1.82, 2.24) is 5.32 Å². The number of nitrogens with one attached hydrogen (secondary N) is 1. The SMILES string of the molecule is O=C(NCC(F)F)C1(Cc2ccccc2-c2coc3ccccc23)CCOCC1. The number of halogens is 2. The van der Waals surface area contributed by atoms with Crippen LogP contribution in [-0.4, -0.2) is 32.1 Å². The quantitative estimate of drug-likeness (QED) is 0.647. The summed E-state index contributed by atoms with van der Waals surface area (Å²) < 4.78 is 36.5. The van der Waals surface area contributed by atoms with Gasteiger partial charge in [-0.2, -0.15) is 0 Å². The van der Waals surface area contributed by atoms with Gasteiger partial charge in [0.1, 0.15) is 5.58 Å². The molecule has 0 radical (unpaired) electrons. The summed E-state index contributed by atoms with van der Waals surface area (Å²) in [5, 5.41) is 3.44. The van der Waals surface area contributed by atoms with E-state index in [2.05, 4.69) is 5.32 Å². The topological polar surface area (TPSA) is 51.5 Å². The molecule has 4 nitrogen and oxygen atoms in total. The zero-order valence-electron chi connectivity index (χ0n) is 16.0. The van der Waals surface area contributed by atoms with E-state index in [-0.39, 0.29) is 5.91 Å². The Morgan fingerprint density at radius 2 is 1.76 bits per heavy atom. The maximum absolute atomic E-state index is 12.9. The first-order chi connectivity index (χ1) is 14.1. The smallest absolute Gasteiger partial charge is 0.255 e. The highest BCUT2D eigenvalue weighted by atomic mass is 19.3. The average molecular weight is 399 g/mol. The van der Waals surface area contributed by atoms with Gasteiger partial charge in [-0.3, -0.25) is 4.79 Å². The number of amides is 1. The van der Waals surface area contributed by atoms with Gasteiger partial charge in [-0.05, 0) is 36.5 Å². The maximum Gasteiger partial charge on any atom is 0.255 e. The van der Waals surface area contributed by atoms with E-state index in [0.717, 1.165) is 27.7 Å². The Morgan fingerprint density at radius 3 is 2.55 bits per heavy atom. The minimum absolute atomic E-state index is 0.326.